The van der Waals surface area contributed by atoms with Gasteiger partial charge in [0.25, 0.3) is 0 Å². The minimum Gasteiger partial charge on any atom is -0.381 e. The molecule has 6 heteroatoms. The van der Waals surface area contributed by atoms with Crippen molar-refractivity contribution in [1.29, 1.82) is 0 Å². The second-order valence-corrected chi connectivity index (χ2v) is 3.59. The van der Waals surface area contributed by atoms with Crippen molar-refractivity contribution in [3.05, 3.63) is 6.20 Å². The molecule has 14 heavy (non-hydrogen) atoms. The summed E-state index contributed by atoms with van der Waals surface area (Å²) >= 11 is 0. The summed E-state index contributed by atoms with van der Waals surface area (Å²) in [5.74, 6) is 0.988. The minimum atomic E-state index is -0.0400. The highest BCUT2D eigenvalue weighted by atomic mass is 16.2. The molecule has 0 spiro atoms. The fourth-order valence-electron chi connectivity index (χ4n) is 1.17. The first-order chi connectivity index (χ1) is 6.74. The number of hydrogen-bond donors (Lipinski definition) is 2. The van der Waals surface area contributed by atoms with Crippen LogP contribution in [0.5, 0.6) is 0 Å². The molecule has 1 fully saturated rings. The number of nitrogens with zero attached hydrogens (tertiary/aromatic N) is 3. The van der Waals surface area contributed by atoms with Crippen molar-refractivity contribution < 1.29 is 4.79 Å². The summed E-state index contributed by atoms with van der Waals surface area (Å²) in [7, 11) is 0. The first-order valence-corrected chi connectivity index (χ1v) is 4.66. The van der Waals surface area contributed by atoms with Crippen LogP contribution in [-0.2, 0) is 11.3 Å². The molecule has 3 N–H and O–H groups in total. The Hall–Kier alpha value is -1.59. The maximum absolute atomic E-state index is 11.3. The van der Waals surface area contributed by atoms with Gasteiger partial charge >= 0.3 is 0 Å². The van der Waals surface area contributed by atoms with Crippen molar-refractivity contribution >= 4 is 11.7 Å². The molecule has 0 saturated heterocycles. The van der Waals surface area contributed by atoms with Crippen LogP contribution in [0.4, 0.5) is 5.82 Å². The predicted octanol–water partition coefficient (Wildman–Crippen LogP) is -0.614. The van der Waals surface area contributed by atoms with Gasteiger partial charge in [-0.25, -0.2) is 4.68 Å². The van der Waals surface area contributed by atoms with E-state index in [2.05, 4.69) is 15.6 Å². The van der Waals surface area contributed by atoms with E-state index in [9.17, 15) is 4.79 Å². The largest absolute Gasteiger partial charge is 0.381 e. The Bertz CT molecular complexity index is 330. The van der Waals surface area contributed by atoms with Gasteiger partial charge in [-0.15, -0.1) is 5.10 Å². The molecule has 0 unspecified atom stereocenters. The highest BCUT2D eigenvalue weighted by Gasteiger charge is 2.21. The Labute approximate surface area is 81.5 Å². The fourth-order valence-corrected chi connectivity index (χ4v) is 1.17. The van der Waals surface area contributed by atoms with Crippen LogP contribution in [-0.4, -0.2) is 27.4 Å². The van der Waals surface area contributed by atoms with E-state index in [0.29, 0.717) is 11.7 Å². The minimum absolute atomic E-state index is 0.0400. The predicted molar refractivity (Wildman–Crippen MR) is 50.2 cm³/mol. The molecule has 0 aliphatic heterocycles. The second kappa shape index (κ2) is 3.65. The lowest BCUT2D eigenvalue weighted by Gasteiger charge is -2.02. The van der Waals surface area contributed by atoms with Gasteiger partial charge in [0.05, 0.1) is 6.20 Å². The molecule has 1 amide bonds. The van der Waals surface area contributed by atoms with E-state index < -0.39 is 0 Å². The lowest BCUT2D eigenvalue weighted by atomic mass is 10.4. The van der Waals surface area contributed by atoms with Gasteiger partial charge in [-0.1, -0.05) is 5.21 Å². The van der Waals surface area contributed by atoms with Crippen LogP contribution < -0.4 is 11.1 Å². The second-order valence-electron chi connectivity index (χ2n) is 3.59. The molecule has 0 atom stereocenters. The molecule has 76 valence electrons. The molecule has 0 aromatic carbocycles. The van der Waals surface area contributed by atoms with E-state index in [0.717, 1.165) is 6.54 Å². The number of amides is 1. The van der Waals surface area contributed by atoms with Gasteiger partial charge in [-0.2, -0.15) is 0 Å². The van der Waals surface area contributed by atoms with Crippen molar-refractivity contribution in [2.24, 2.45) is 5.92 Å². The van der Waals surface area contributed by atoms with Crippen LogP contribution in [0, 0.1) is 5.92 Å². The van der Waals surface area contributed by atoms with Gasteiger partial charge in [0.2, 0.25) is 5.91 Å². The molecule has 1 aromatic rings. The van der Waals surface area contributed by atoms with Crippen molar-refractivity contribution in [2.45, 2.75) is 19.4 Å². The van der Waals surface area contributed by atoms with Gasteiger partial charge in [0, 0.05) is 6.54 Å². The van der Waals surface area contributed by atoms with E-state index in [1.54, 1.807) is 0 Å². The van der Waals surface area contributed by atoms with Crippen molar-refractivity contribution in [1.82, 2.24) is 20.3 Å². The number of carbonyl (C=O) groups is 1. The van der Waals surface area contributed by atoms with Crippen molar-refractivity contribution in [2.75, 3.05) is 12.3 Å². The molecule has 1 aliphatic rings. The molecule has 1 saturated carbocycles. The maximum Gasteiger partial charge on any atom is 0.241 e. The van der Waals surface area contributed by atoms with Gasteiger partial charge in [-0.3, -0.25) is 4.79 Å². The highest BCUT2D eigenvalue weighted by molar-refractivity contribution is 5.75. The van der Waals surface area contributed by atoms with E-state index >= 15 is 0 Å². The Morgan fingerprint density at radius 1 is 1.71 bits per heavy atom. The van der Waals surface area contributed by atoms with E-state index in [1.165, 1.54) is 23.7 Å². The van der Waals surface area contributed by atoms with Crippen LogP contribution >= 0.6 is 0 Å². The zero-order valence-corrected chi connectivity index (χ0v) is 7.81. The number of rotatable bonds is 4. The number of anilines is 1. The number of hydrogen-bond acceptors (Lipinski definition) is 4. The smallest absolute Gasteiger partial charge is 0.241 e. The summed E-state index contributed by atoms with van der Waals surface area (Å²) in [6, 6.07) is 0. The number of aromatic nitrogens is 3. The van der Waals surface area contributed by atoms with E-state index in [4.69, 9.17) is 5.73 Å². The Morgan fingerprint density at radius 2 is 2.50 bits per heavy atom. The van der Waals surface area contributed by atoms with Crippen LogP contribution in [0.2, 0.25) is 0 Å². The van der Waals surface area contributed by atoms with Gasteiger partial charge in [-0.05, 0) is 18.8 Å². The standard InChI is InChI=1S/C8H13N5O/c9-7-4-13(12-11-7)5-8(14)10-3-6-1-2-6/h4,6H,1-3,5,9H2,(H,10,14). The van der Waals surface area contributed by atoms with Crippen LogP contribution in [0.1, 0.15) is 12.8 Å². The Balaban J connectivity index is 1.75. The quantitative estimate of drug-likeness (QED) is 0.670. The molecule has 6 nitrogen and oxygen atoms in total. The van der Waals surface area contributed by atoms with Gasteiger partial charge < -0.3 is 11.1 Å². The van der Waals surface area contributed by atoms with Crippen molar-refractivity contribution in [3.8, 4) is 0 Å². The third-order valence-corrected chi connectivity index (χ3v) is 2.15. The van der Waals surface area contributed by atoms with Crippen molar-refractivity contribution in [3.63, 3.8) is 0 Å². The van der Waals surface area contributed by atoms with Crippen LogP contribution in [0.25, 0.3) is 0 Å². The monoisotopic (exact) mass is 195 g/mol. The summed E-state index contributed by atoms with van der Waals surface area (Å²) in [5, 5.41) is 10.1. The number of nitrogens with two attached hydrogens (primary N) is 1. The summed E-state index contributed by atoms with van der Waals surface area (Å²) < 4.78 is 1.43. The average Bonchev–Trinajstić information content (AvgIpc) is 2.88. The molecule has 1 heterocycles. The summed E-state index contributed by atoms with van der Waals surface area (Å²) in [6.45, 7) is 0.972. The Morgan fingerprint density at radius 3 is 3.07 bits per heavy atom. The molecule has 1 aromatic heterocycles. The topological polar surface area (TPSA) is 85.8 Å². The number of nitrogens with one attached hydrogen (secondary N) is 1. The van der Waals surface area contributed by atoms with Crippen LogP contribution in [0.15, 0.2) is 6.20 Å². The zero-order chi connectivity index (χ0) is 9.97. The number of carbonyl (C=O) groups excluding carboxylic acids is 1. The molecule has 0 bridgehead atoms. The Kier molecular flexibility index (Phi) is 2.34. The third kappa shape index (κ3) is 2.45. The molecule has 0 radical (unpaired) electrons. The summed E-state index contributed by atoms with van der Waals surface area (Å²) in [4.78, 5) is 11.3. The summed E-state index contributed by atoms with van der Waals surface area (Å²) in [5.41, 5.74) is 5.36. The van der Waals surface area contributed by atoms with Gasteiger partial charge in [0.15, 0.2) is 5.82 Å². The normalized spacial score (nSPS) is 15.4. The molecular weight excluding hydrogens is 182 g/mol. The highest BCUT2D eigenvalue weighted by Crippen LogP contribution is 2.27. The lowest BCUT2D eigenvalue weighted by Crippen LogP contribution is -2.29. The molecular formula is C8H13N5O. The SMILES string of the molecule is Nc1cn(CC(=O)NCC2CC2)nn1. The van der Waals surface area contributed by atoms with Crippen LogP contribution in [0.3, 0.4) is 0 Å². The van der Waals surface area contributed by atoms with Gasteiger partial charge in [0.1, 0.15) is 6.54 Å². The lowest BCUT2D eigenvalue weighted by molar-refractivity contribution is -0.121. The fraction of sp³-hybridized carbons (Fsp3) is 0.625. The zero-order valence-electron chi connectivity index (χ0n) is 7.81. The number of nitrogen functional groups attached to an aromatic ring is 1. The third-order valence-electron chi connectivity index (χ3n) is 2.15. The molecule has 1 aliphatic carbocycles. The first kappa shape index (κ1) is 8.98. The maximum atomic E-state index is 11.3. The summed E-state index contributed by atoms with van der Waals surface area (Å²) in [6.07, 6.45) is 4.00. The average molecular weight is 195 g/mol. The van der Waals surface area contributed by atoms with E-state index in [-0.39, 0.29) is 12.5 Å². The molecule has 2 rings (SSSR count). The first-order valence-electron chi connectivity index (χ1n) is 4.66. The van der Waals surface area contributed by atoms with E-state index in [1.807, 2.05) is 0 Å².